The van der Waals surface area contributed by atoms with Crippen LogP contribution in [0.15, 0.2) is 52.5 Å². The maximum absolute atomic E-state index is 13.7. The molecule has 23 heavy (non-hydrogen) atoms. The molecule has 116 valence electrons. The van der Waals surface area contributed by atoms with Crippen LogP contribution in [0.1, 0.15) is 5.56 Å². The lowest BCUT2D eigenvalue weighted by atomic mass is 10.1. The van der Waals surface area contributed by atoms with Crippen molar-refractivity contribution in [2.24, 2.45) is 0 Å². The Morgan fingerprint density at radius 1 is 1.30 bits per heavy atom. The maximum atomic E-state index is 13.7. The minimum Gasteiger partial charge on any atom is -0.497 e. The Morgan fingerprint density at radius 2 is 2.00 bits per heavy atom. The third kappa shape index (κ3) is 4.41. The molecule has 2 rings (SSSR count). The van der Waals surface area contributed by atoms with Gasteiger partial charge in [0.2, 0.25) is 0 Å². The van der Waals surface area contributed by atoms with Crippen molar-refractivity contribution in [2.45, 2.75) is 0 Å². The van der Waals surface area contributed by atoms with Crippen LogP contribution in [0.5, 0.6) is 5.75 Å². The van der Waals surface area contributed by atoms with Crippen molar-refractivity contribution < 1.29 is 13.9 Å². The highest BCUT2D eigenvalue weighted by Gasteiger charge is 2.12. The summed E-state index contributed by atoms with van der Waals surface area (Å²) >= 11 is 3.13. The molecule has 0 aromatic heterocycles. The lowest BCUT2D eigenvalue weighted by Crippen LogP contribution is -2.14. The van der Waals surface area contributed by atoms with Gasteiger partial charge in [0, 0.05) is 4.47 Å². The predicted molar refractivity (Wildman–Crippen MR) is 89.3 cm³/mol. The number of anilines is 1. The van der Waals surface area contributed by atoms with Gasteiger partial charge < -0.3 is 10.1 Å². The Morgan fingerprint density at radius 3 is 2.57 bits per heavy atom. The van der Waals surface area contributed by atoms with Crippen LogP contribution >= 0.6 is 15.9 Å². The van der Waals surface area contributed by atoms with E-state index < -0.39 is 11.7 Å². The Labute approximate surface area is 141 Å². The molecule has 2 aromatic rings. The first-order valence-corrected chi connectivity index (χ1v) is 7.35. The normalized spacial score (nSPS) is 10.8. The van der Waals surface area contributed by atoms with Crippen LogP contribution in [0.25, 0.3) is 6.08 Å². The van der Waals surface area contributed by atoms with E-state index in [4.69, 9.17) is 10.00 Å². The highest BCUT2D eigenvalue weighted by atomic mass is 79.9. The molecule has 0 spiro atoms. The molecular formula is C17H12BrFN2O2. The minimum absolute atomic E-state index is 0.00841. The SMILES string of the molecule is COc1ccc(/C=C(/C#N)C(=O)Nc2ccc(Br)cc2F)cc1. The van der Waals surface area contributed by atoms with Crippen LogP contribution in [-0.2, 0) is 4.79 Å². The Hall–Kier alpha value is -2.65. The highest BCUT2D eigenvalue weighted by molar-refractivity contribution is 9.10. The van der Waals surface area contributed by atoms with Gasteiger partial charge in [-0.3, -0.25) is 4.79 Å². The number of benzene rings is 2. The standard InChI is InChI=1S/C17H12BrFN2O2/c1-23-14-5-2-11(3-6-14)8-12(10-20)17(22)21-16-7-4-13(18)9-15(16)19/h2-9H,1H3,(H,21,22)/b12-8-. The van der Waals surface area contributed by atoms with Gasteiger partial charge in [0.1, 0.15) is 23.2 Å². The topological polar surface area (TPSA) is 62.1 Å². The number of amides is 1. The number of nitriles is 1. The summed E-state index contributed by atoms with van der Waals surface area (Å²) < 4.78 is 19.3. The molecule has 0 fully saturated rings. The van der Waals surface area contributed by atoms with Crippen molar-refractivity contribution >= 4 is 33.6 Å². The van der Waals surface area contributed by atoms with Crippen LogP contribution < -0.4 is 10.1 Å². The molecule has 0 aliphatic heterocycles. The molecule has 0 aliphatic rings. The van der Waals surface area contributed by atoms with Gasteiger partial charge in [-0.25, -0.2) is 4.39 Å². The van der Waals surface area contributed by atoms with Gasteiger partial charge in [0.25, 0.3) is 5.91 Å². The predicted octanol–water partition coefficient (Wildman–Crippen LogP) is 4.14. The van der Waals surface area contributed by atoms with Gasteiger partial charge in [0.15, 0.2) is 0 Å². The summed E-state index contributed by atoms with van der Waals surface area (Å²) in [5.41, 5.74) is 0.542. The first-order valence-electron chi connectivity index (χ1n) is 6.55. The zero-order chi connectivity index (χ0) is 16.8. The van der Waals surface area contributed by atoms with Crippen molar-refractivity contribution in [3.8, 4) is 11.8 Å². The number of carbonyl (C=O) groups excluding carboxylic acids is 1. The summed E-state index contributed by atoms with van der Waals surface area (Å²) in [7, 11) is 1.55. The van der Waals surface area contributed by atoms with Gasteiger partial charge >= 0.3 is 0 Å². The van der Waals surface area contributed by atoms with Crippen LogP contribution in [0.2, 0.25) is 0 Å². The van der Waals surface area contributed by atoms with Crippen LogP contribution in [0.4, 0.5) is 10.1 Å². The molecule has 1 N–H and O–H groups in total. The Bertz CT molecular complexity index is 795. The zero-order valence-electron chi connectivity index (χ0n) is 12.1. The van der Waals surface area contributed by atoms with Gasteiger partial charge in [-0.1, -0.05) is 28.1 Å². The van der Waals surface area contributed by atoms with E-state index in [2.05, 4.69) is 21.2 Å². The van der Waals surface area contributed by atoms with Crippen molar-refractivity contribution in [3.63, 3.8) is 0 Å². The van der Waals surface area contributed by atoms with Crippen molar-refractivity contribution in [1.82, 2.24) is 0 Å². The van der Waals surface area contributed by atoms with Gasteiger partial charge in [0.05, 0.1) is 12.8 Å². The van der Waals surface area contributed by atoms with Crippen LogP contribution in [0, 0.1) is 17.1 Å². The summed E-state index contributed by atoms with van der Waals surface area (Å²) in [5.74, 6) is -0.596. The number of halogens is 2. The number of methoxy groups -OCH3 is 1. The number of nitrogens with one attached hydrogen (secondary N) is 1. The largest absolute Gasteiger partial charge is 0.497 e. The third-order valence-corrected chi connectivity index (χ3v) is 3.46. The molecule has 0 heterocycles. The van der Waals surface area contributed by atoms with Gasteiger partial charge in [-0.2, -0.15) is 5.26 Å². The molecular weight excluding hydrogens is 363 g/mol. The second-order valence-corrected chi connectivity index (χ2v) is 5.44. The molecule has 0 atom stereocenters. The number of rotatable bonds is 4. The fourth-order valence-corrected chi connectivity index (χ4v) is 2.13. The number of nitrogens with zero attached hydrogens (tertiary/aromatic N) is 1. The van der Waals surface area contributed by atoms with E-state index >= 15 is 0 Å². The number of ether oxygens (including phenoxy) is 1. The van der Waals surface area contributed by atoms with Crippen molar-refractivity contribution in [3.05, 3.63) is 63.9 Å². The minimum atomic E-state index is -0.676. The quantitative estimate of drug-likeness (QED) is 0.645. The van der Waals surface area contributed by atoms with E-state index in [0.29, 0.717) is 15.8 Å². The monoisotopic (exact) mass is 374 g/mol. The summed E-state index contributed by atoms with van der Waals surface area (Å²) in [6.07, 6.45) is 1.42. The second-order valence-electron chi connectivity index (χ2n) is 4.52. The summed E-state index contributed by atoms with van der Waals surface area (Å²) in [6, 6.07) is 12.9. The van der Waals surface area contributed by atoms with E-state index in [1.807, 2.05) is 6.07 Å². The van der Waals surface area contributed by atoms with Gasteiger partial charge in [-0.05, 0) is 42.0 Å². The van der Waals surface area contributed by atoms with E-state index in [1.54, 1.807) is 37.4 Å². The maximum Gasteiger partial charge on any atom is 0.266 e. The molecule has 0 saturated heterocycles. The summed E-state index contributed by atoms with van der Waals surface area (Å²) in [4.78, 5) is 12.1. The molecule has 0 saturated carbocycles. The Balaban J connectivity index is 2.20. The number of hydrogen-bond acceptors (Lipinski definition) is 3. The fourth-order valence-electron chi connectivity index (χ4n) is 1.80. The molecule has 0 bridgehead atoms. The van der Waals surface area contributed by atoms with E-state index in [0.717, 1.165) is 0 Å². The van der Waals surface area contributed by atoms with E-state index in [9.17, 15) is 9.18 Å². The fraction of sp³-hybridized carbons (Fsp3) is 0.0588. The second kappa shape index (κ2) is 7.56. The number of hydrogen-bond donors (Lipinski definition) is 1. The molecule has 6 heteroatoms. The smallest absolute Gasteiger partial charge is 0.266 e. The number of carbonyl (C=O) groups is 1. The molecule has 2 aromatic carbocycles. The van der Waals surface area contributed by atoms with Crippen molar-refractivity contribution in [2.75, 3.05) is 12.4 Å². The highest BCUT2D eigenvalue weighted by Crippen LogP contribution is 2.20. The van der Waals surface area contributed by atoms with Crippen molar-refractivity contribution in [1.29, 1.82) is 5.26 Å². The van der Waals surface area contributed by atoms with E-state index in [-0.39, 0.29) is 11.3 Å². The molecule has 0 aliphatic carbocycles. The lowest BCUT2D eigenvalue weighted by molar-refractivity contribution is -0.112. The summed E-state index contributed by atoms with van der Waals surface area (Å²) in [5, 5.41) is 11.5. The third-order valence-electron chi connectivity index (χ3n) is 2.97. The average Bonchev–Trinajstić information content (AvgIpc) is 2.55. The molecule has 0 unspecified atom stereocenters. The van der Waals surface area contributed by atoms with Crippen LogP contribution in [0.3, 0.4) is 0 Å². The molecule has 1 amide bonds. The average molecular weight is 375 g/mol. The molecule has 4 nitrogen and oxygen atoms in total. The molecule has 0 radical (unpaired) electrons. The van der Waals surface area contributed by atoms with Crippen LogP contribution in [-0.4, -0.2) is 13.0 Å². The zero-order valence-corrected chi connectivity index (χ0v) is 13.7. The van der Waals surface area contributed by atoms with Gasteiger partial charge in [-0.15, -0.1) is 0 Å². The first kappa shape index (κ1) is 16.7. The Kier molecular flexibility index (Phi) is 5.50. The summed E-state index contributed by atoms with van der Waals surface area (Å²) in [6.45, 7) is 0. The lowest BCUT2D eigenvalue weighted by Gasteiger charge is -2.06. The first-order chi connectivity index (χ1) is 11.0. The van der Waals surface area contributed by atoms with E-state index in [1.165, 1.54) is 18.2 Å².